The Kier molecular flexibility index (Phi) is 7.35. The fourth-order valence-corrected chi connectivity index (χ4v) is 4.54. The fraction of sp³-hybridized carbons (Fsp3) is 0.0800. The van der Waals surface area contributed by atoms with Crippen LogP contribution in [0.25, 0.3) is 6.08 Å². The molecule has 0 saturated carbocycles. The Morgan fingerprint density at radius 1 is 1.06 bits per heavy atom. The van der Waals surface area contributed by atoms with Gasteiger partial charge in [-0.05, 0) is 77.5 Å². The van der Waals surface area contributed by atoms with E-state index in [1.165, 1.54) is 19.2 Å². The summed E-state index contributed by atoms with van der Waals surface area (Å²) in [5, 5.41) is 9.33. The van der Waals surface area contributed by atoms with E-state index in [1.54, 1.807) is 54.6 Å². The zero-order valence-corrected chi connectivity index (χ0v) is 20.5. The summed E-state index contributed by atoms with van der Waals surface area (Å²) in [5.74, 6) is -0.836. The standard InChI is InChI=1S/C25H17Cl2NO6S/c1-33-20-11-15(10-19(27)22(20)34-13-14-2-4-16(5-3-14)24(30)31)12-21-23(29)28(25(32)35-21)18-8-6-17(26)7-9-18/h2-12H,13H2,1H3,(H,30,31)/b21-12+. The maximum Gasteiger partial charge on any atom is 0.335 e. The molecule has 0 unspecified atom stereocenters. The van der Waals surface area contributed by atoms with Gasteiger partial charge in [0.05, 0.1) is 28.3 Å². The van der Waals surface area contributed by atoms with Crippen molar-refractivity contribution in [2.75, 3.05) is 12.0 Å². The SMILES string of the molecule is COc1cc(/C=C2/SC(=O)N(c3ccc(Cl)cc3)C2=O)cc(Cl)c1OCc1ccc(C(=O)O)cc1. The average Bonchev–Trinajstić information content (AvgIpc) is 3.11. The first kappa shape index (κ1) is 24.7. The van der Waals surface area contributed by atoms with Crippen LogP contribution >= 0.6 is 35.0 Å². The first-order valence-electron chi connectivity index (χ1n) is 10.1. The molecule has 2 amide bonds. The van der Waals surface area contributed by atoms with Crippen LogP contribution in [0.2, 0.25) is 10.0 Å². The number of anilines is 1. The van der Waals surface area contributed by atoms with E-state index in [1.807, 2.05) is 0 Å². The van der Waals surface area contributed by atoms with Gasteiger partial charge in [0.2, 0.25) is 0 Å². The zero-order chi connectivity index (χ0) is 25.1. The molecule has 0 atom stereocenters. The lowest BCUT2D eigenvalue weighted by atomic mass is 10.1. The third kappa shape index (κ3) is 5.45. The number of carbonyl (C=O) groups is 3. The van der Waals surface area contributed by atoms with Crippen LogP contribution in [0.5, 0.6) is 11.5 Å². The van der Waals surface area contributed by atoms with E-state index in [9.17, 15) is 14.4 Å². The number of methoxy groups -OCH3 is 1. The van der Waals surface area contributed by atoms with Crippen LogP contribution in [0.3, 0.4) is 0 Å². The van der Waals surface area contributed by atoms with Crippen molar-refractivity contribution in [2.45, 2.75) is 6.61 Å². The zero-order valence-electron chi connectivity index (χ0n) is 18.2. The van der Waals surface area contributed by atoms with E-state index >= 15 is 0 Å². The molecule has 178 valence electrons. The van der Waals surface area contributed by atoms with Crippen molar-refractivity contribution >= 4 is 63.8 Å². The highest BCUT2D eigenvalue weighted by atomic mass is 35.5. The number of hydrogen-bond acceptors (Lipinski definition) is 6. The molecular formula is C25H17Cl2NO6S. The molecule has 1 fully saturated rings. The van der Waals surface area contributed by atoms with Gasteiger partial charge in [0, 0.05) is 5.02 Å². The molecular weight excluding hydrogens is 513 g/mol. The summed E-state index contributed by atoms with van der Waals surface area (Å²) in [7, 11) is 1.46. The molecule has 10 heteroatoms. The highest BCUT2D eigenvalue weighted by Crippen LogP contribution is 2.40. The highest BCUT2D eigenvalue weighted by Gasteiger charge is 2.36. The highest BCUT2D eigenvalue weighted by molar-refractivity contribution is 8.19. The van der Waals surface area contributed by atoms with Gasteiger partial charge >= 0.3 is 5.97 Å². The number of carboxylic acids is 1. The topological polar surface area (TPSA) is 93.1 Å². The molecule has 7 nitrogen and oxygen atoms in total. The molecule has 1 heterocycles. The summed E-state index contributed by atoms with van der Waals surface area (Å²) in [5.41, 5.74) is 1.89. The van der Waals surface area contributed by atoms with Crippen LogP contribution in [-0.2, 0) is 11.4 Å². The van der Waals surface area contributed by atoms with Crippen molar-refractivity contribution < 1.29 is 29.0 Å². The van der Waals surface area contributed by atoms with Gasteiger partial charge in [-0.3, -0.25) is 9.59 Å². The van der Waals surface area contributed by atoms with Gasteiger partial charge in [-0.25, -0.2) is 9.69 Å². The maximum atomic E-state index is 12.9. The number of hydrogen-bond donors (Lipinski definition) is 1. The number of benzene rings is 3. The number of imide groups is 1. The van der Waals surface area contributed by atoms with E-state index in [2.05, 4.69) is 0 Å². The largest absolute Gasteiger partial charge is 0.493 e. The Labute approximate surface area is 214 Å². The first-order valence-corrected chi connectivity index (χ1v) is 11.7. The Balaban J connectivity index is 1.54. The number of rotatable bonds is 7. The second-order valence-electron chi connectivity index (χ2n) is 7.32. The van der Waals surface area contributed by atoms with Crippen molar-refractivity contribution in [3.8, 4) is 11.5 Å². The third-order valence-corrected chi connectivity index (χ3v) is 6.41. The Morgan fingerprint density at radius 2 is 1.74 bits per heavy atom. The van der Waals surface area contributed by atoms with Crippen LogP contribution < -0.4 is 14.4 Å². The van der Waals surface area contributed by atoms with Gasteiger partial charge in [-0.15, -0.1) is 0 Å². The molecule has 4 rings (SSSR count). The van der Waals surface area contributed by atoms with E-state index in [-0.39, 0.29) is 22.1 Å². The number of nitrogens with zero attached hydrogens (tertiary/aromatic N) is 1. The number of carbonyl (C=O) groups excluding carboxylic acids is 2. The van der Waals surface area contributed by atoms with Crippen LogP contribution in [0.4, 0.5) is 10.5 Å². The maximum absolute atomic E-state index is 12.9. The first-order chi connectivity index (χ1) is 16.8. The lowest BCUT2D eigenvalue weighted by Gasteiger charge is -2.14. The molecule has 0 radical (unpaired) electrons. The van der Waals surface area contributed by atoms with Crippen LogP contribution in [0, 0.1) is 0 Å². The number of carboxylic acid groups (broad SMARTS) is 1. The summed E-state index contributed by atoms with van der Waals surface area (Å²) in [6.45, 7) is 0.134. The molecule has 0 aromatic heterocycles. The minimum absolute atomic E-state index is 0.134. The van der Waals surface area contributed by atoms with E-state index < -0.39 is 17.1 Å². The molecule has 0 bridgehead atoms. The summed E-state index contributed by atoms with van der Waals surface area (Å²) in [4.78, 5) is 37.7. The molecule has 1 N–H and O–H groups in total. The van der Waals surface area contributed by atoms with Gasteiger partial charge in [0.15, 0.2) is 11.5 Å². The molecule has 35 heavy (non-hydrogen) atoms. The monoisotopic (exact) mass is 529 g/mol. The van der Waals surface area contributed by atoms with Gasteiger partial charge in [0.25, 0.3) is 11.1 Å². The molecule has 3 aromatic rings. The van der Waals surface area contributed by atoms with Crippen LogP contribution in [-0.4, -0.2) is 29.3 Å². The van der Waals surface area contributed by atoms with Gasteiger partial charge in [0.1, 0.15) is 6.61 Å². The quantitative estimate of drug-likeness (QED) is 0.348. The van der Waals surface area contributed by atoms with Crippen molar-refractivity contribution in [1.82, 2.24) is 0 Å². The average molecular weight is 530 g/mol. The summed E-state index contributed by atoms with van der Waals surface area (Å²) in [6.07, 6.45) is 1.56. The third-order valence-electron chi connectivity index (χ3n) is 5.01. The molecule has 3 aromatic carbocycles. The van der Waals surface area contributed by atoms with Crippen molar-refractivity contribution in [1.29, 1.82) is 0 Å². The second-order valence-corrected chi connectivity index (χ2v) is 9.16. The second kappa shape index (κ2) is 10.4. The lowest BCUT2D eigenvalue weighted by Crippen LogP contribution is -2.27. The molecule has 1 saturated heterocycles. The van der Waals surface area contributed by atoms with E-state index in [4.69, 9.17) is 37.8 Å². The van der Waals surface area contributed by atoms with E-state index in [0.29, 0.717) is 27.8 Å². The van der Waals surface area contributed by atoms with Crippen molar-refractivity contribution in [2.24, 2.45) is 0 Å². The minimum Gasteiger partial charge on any atom is -0.493 e. The number of thioether (sulfide) groups is 1. The lowest BCUT2D eigenvalue weighted by molar-refractivity contribution is -0.113. The van der Waals surface area contributed by atoms with Gasteiger partial charge in [-0.2, -0.15) is 0 Å². The van der Waals surface area contributed by atoms with Gasteiger partial charge in [-0.1, -0.05) is 35.3 Å². The van der Waals surface area contributed by atoms with Crippen LogP contribution in [0.1, 0.15) is 21.5 Å². The normalized spacial score (nSPS) is 14.5. The number of aromatic carboxylic acids is 1. The van der Waals surface area contributed by atoms with Crippen molar-refractivity contribution in [3.63, 3.8) is 0 Å². The Hall–Kier alpha value is -3.46. The number of halogens is 2. The predicted molar refractivity (Wildman–Crippen MR) is 136 cm³/mol. The Morgan fingerprint density at radius 3 is 2.37 bits per heavy atom. The predicted octanol–water partition coefficient (Wildman–Crippen LogP) is 6.52. The fourth-order valence-electron chi connectivity index (χ4n) is 3.29. The summed E-state index contributed by atoms with van der Waals surface area (Å²) >= 11 is 13.2. The Bertz CT molecular complexity index is 1340. The summed E-state index contributed by atoms with van der Waals surface area (Å²) < 4.78 is 11.2. The molecule has 1 aliphatic rings. The van der Waals surface area contributed by atoms with E-state index in [0.717, 1.165) is 22.2 Å². The molecule has 0 spiro atoms. The summed E-state index contributed by atoms with van der Waals surface area (Å²) in [6, 6.07) is 15.9. The molecule has 1 aliphatic heterocycles. The number of amides is 2. The van der Waals surface area contributed by atoms with Crippen LogP contribution in [0.15, 0.2) is 65.6 Å². The van der Waals surface area contributed by atoms with Crippen molar-refractivity contribution in [3.05, 3.63) is 92.3 Å². The number of ether oxygens (including phenoxy) is 2. The molecule has 0 aliphatic carbocycles. The minimum atomic E-state index is -1.01. The van der Waals surface area contributed by atoms with Gasteiger partial charge < -0.3 is 14.6 Å². The smallest absolute Gasteiger partial charge is 0.335 e.